The summed E-state index contributed by atoms with van der Waals surface area (Å²) in [5.41, 5.74) is 10.5. The summed E-state index contributed by atoms with van der Waals surface area (Å²) in [5.74, 6) is 0. The summed E-state index contributed by atoms with van der Waals surface area (Å²) >= 11 is 0. The van der Waals surface area contributed by atoms with Gasteiger partial charge in [-0.25, -0.2) is 0 Å². The van der Waals surface area contributed by atoms with Crippen LogP contribution in [0.2, 0.25) is 0 Å². The maximum Gasteiger partial charge on any atom is -0.0288 e. The quantitative estimate of drug-likeness (QED) is 0.136. The average Bonchev–Trinajstić information content (AvgIpc) is 2.76. The minimum atomic E-state index is 1.17. The summed E-state index contributed by atoms with van der Waals surface area (Å²) in [6.45, 7) is 20.1. The van der Waals surface area contributed by atoms with E-state index in [0.29, 0.717) is 0 Å². The third kappa shape index (κ3) is 23.7. The molecule has 0 aromatic carbocycles. The van der Waals surface area contributed by atoms with Crippen LogP contribution in [0.25, 0.3) is 0 Å². The highest BCUT2D eigenvalue weighted by molar-refractivity contribution is 5.08. The Morgan fingerprint density at radius 2 is 0.486 bits per heavy atom. The molecule has 0 saturated heterocycles. The van der Waals surface area contributed by atoms with Crippen molar-refractivity contribution in [1.29, 1.82) is 0 Å². The zero-order valence-electron chi connectivity index (χ0n) is 25.0. The van der Waals surface area contributed by atoms with Gasteiger partial charge in [0, 0.05) is 0 Å². The monoisotopic (exact) mass is 478 g/mol. The molecule has 0 unspecified atom stereocenters. The van der Waals surface area contributed by atoms with Crippen LogP contribution in [0.4, 0.5) is 0 Å². The second kappa shape index (κ2) is 21.5. The maximum absolute atomic E-state index is 2.45. The molecule has 0 spiro atoms. The Labute approximate surface area is 220 Å². The van der Waals surface area contributed by atoms with Crippen LogP contribution in [0.5, 0.6) is 0 Å². The van der Waals surface area contributed by atoms with Gasteiger partial charge < -0.3 is 0 Å². The van der Waals surface area contributed by atoms with Crippen molar-refractivity contribution < 1.29 is 0 Å². The van der Waals surface area contributed by atoms with Gasteiger partial charge in [-0.1, -0.05) is 81.5 Å². The Morgan fingerprint density at radius 3 is 0.714 bits per heavy atom. The van der Waals surface area contributed by atoms with Gasteiger partial charge >= 0.3 is 0 Å². The van der Waals surface area contributed by atoms with Crippen LogP contribution < -0.4 is 0 Å². The molecule has 0 aliphatic rings. The van der Waals surface area contributed by atoms with E-state index in [1.165, 1.54) is 116 Å². The predicted octanol–water partition coefficient (Wildman–Crippen LogP) is 12.3. The van der Waals surface area contributed by atoms with Gasteiger partial charge in [0.25, 0.3) is 0 Å². The van der Waals surface area contributed by atoms with Crippen molar-refractivity contribution in [2.24, 2.45) is 0 Å². The molecule has 0 aromatic rings. The number of rotatable bonds is 18. The molecule has 0 rings (SSSR count). The van der Waals surface area contributed by atoms with Gasteiger partial charge in [-0.15, -0.1) is 0 Å². The molecule has 0 aliphatic carbocycles. The zero-order valence-corrected chi connectivity index (χ0v) is 25.0. The summed E-state index contributed by atoms with van der Waals surface area (Å²) in [7, 11) is 0. The predicted molar refractivity (Wildman–Crippen MR) is 163 cm³/mol. The summed E-state index contributed by atoms with van der Waals surface area (Å²) in [4.78, 5) is 0. The Hall–Kier alpha value is -1.82. The molecule has 0 aromatic heterocycles. The summed E-state index contributed by atoms with van der Waals surface area (Å²) in [5, 5.41) is 0. The van der Waals surface area contributed by atoms with Crippen molar-refractivity contribution in [1.82, 2.24) is 0 Å². The van der Waals surface area contributed by atoms with E-state index < -0.39 is 0 Å². The van der Waals surface area contributed by atoms with Crippen LogP contribution in [0.1, 0.15) is 139 Å². The minimum Gasteiger partial charge on any atom is -0.0856 e. The molecule has 35 heavy (non-hydrogen) atoms. The maximum atomic E-state index is 2.45. The van der Waals surface area contributed by atoms with Crippen LogP contribution in [0.15, 0.2) is 81.5 Å². The van der Waals surface area contributed by atoms with Gasteiger partial charge in [-0.05, 0) is 139 Å². The first-order valence-electron chi connectivity index (χ1n) is 14.1. The smallest absolute Gasteiger partial charge is 0.0288 e. The van der Waals surface area contributed by atoms with E-state index >= 15 is 0 Å². The lowest BCUT2D eigenvalue weighted by atomic mass is 10.0. The molecule has 0 nitrogen and oxygen atoms in total. The molecule has 0 saturated carbocycles. The zero-order chi connectivity index (χ0) is 26.5. The molecule has 0 N–H and O–H groups in total. The lowest BCUT2D eigenvalue weighted by Gasteiger charge is -2.03. The van der Waals surface area contributed by atoms with E-state index in [2.05, 4.69) is 105 Å². The molecule has 0 heteroatoms. The third-order valence-corrected chi connectivity index (χ3v) is 6.43. The van der Waals surface area contributed by atoms with E-state index in [1.54, 1.807) is 0 Å². The molecule has 0 atom stereocenters. The van der Waals surface area contributed by atoms with Crippen LogP contribution in [-0.4, -0.2) is 0 Å². The van der Waals surface area contributed by atoms with Crippen molar-refractivity contribution in [3.63, 3.8) is 0 Å². The standard InChI is InChI=1S/C35H58/c1-29(2)17-12-21-33(7)25-14-23-31(5)19-10-11-20-32(6)24-15-27-35(9)28-16-26-34(8)22-13-18-30(3)4/h17-20,25-27H,10-16,21-24,28H2,1-9H3/b31-19?,32-20+,33-25?,34-26+,35-27+. The number of hydrogen-bond acceptors (Lipinski definition) is 0. The van der Waals surface area contributed by atoms with Crippen molar-refractivity contribution >= 4 is 0 Å². The van der Waals surface area contributed by atoms with Gasteiger partial charge in [0.05, 0.1) is 0 Å². The van der Waals surface area contributed by atoms with Crippen LogP contribution in [0.3, 0.4) is 0 Å². The first kappa shape index (κ1) is 33.2. The normalized spacial score (nSPS) is 13.8. The van der Waals surface area contributed by atoms with Gasteiger partial charge in [0.2, 0.25) is 0 Å². The lowest BCUT2D eigenvalue weighted by Crippen LogP contribution is -1.83. The molecule has 0 heterocycles. The highest BCUT2D eigenvalue weighted by Gasteiger charge is 1.95. The number of hydrogen-bond donors (Lipinski definition) is 0. The number of unbranched alkanes of at least 4 members (excludes halogenated alkanes) is 1. The molecule has 198 valence electrons. The second-order valence-electron chi connectivity index (χ2n) is 11.1. The second-order valence-corrected chi connectivity index (χ2v) is 11.1. The Morgan fingerprint density at radius 1 is 0.286 bits per heavy atom. The molecule has 0 amide bonds. The molecule has 0 aliphatic heterocycles. The van der Waals surface area contributed by atoms with Gasteiger partial charge in [0.15, 0.2) is 0 Å². The SMILES string of the molecule is CC(C)=CCCC(C)=CCCC(C)=CCC/C=C(\C)CC/C=C(\C)CC/C=C(\C)CCC=C(C)C. The van der Waals surface area contributed by atoms with E-state index in [-0.39, 0.29) is 0 Å². The molecule has 0 radical (unpaired) electrons. The van der Waals surface area contributed by atoms with Crippen LogP contribution in [0, 0.1) is 0 Å². The fraction of sp³-hybridized carbons (Fsp3) is 0.600. The van der Waals surface area contributed by atoms with E-state index in [0.717, 1.165) is 0 Å². The minimum absolute atomic E-state index is 1.17. The highest BCUT2D eigenvalue weighted by Crippen LogP contribution is 2.15. The Bertz CT molecular complexity index is 778. The van der Waals surface area contributed by atoms with Crippen molar-refractivity contribution in [2.45, 2.75) is 139 Å². The van der Waals surface area contributed by atoms with Crippen molar-refractivity contribution in [2.75, 3.05) is 0 Å². The first-order valence-corrected chi connectivity index (χ1v) is 14.1. The molecular weight excluding hydrogens is 420 g/mol. The lowest BCUT2D eigenvalue weighted by molar-refractivity contribution is 0.890. The average molecular weight is 479 g/mol. The van der Waals surface area contributed by atoms with Gasteiger partial charge in [0.1, 0.15) is 0 Å². The Balaban J connectivity index is 4.11. The van der Waals surface area contributed by atoms with Crippen molar-refractivity contribution in [3.05, 3.63) is 81.5 Å². The molecule has 0 fully saturated rings. The van der Waals surface area contributed by atoms with E-state index in [4.69, 9.17) is 0 Å². The topological polar surface area (TPSA) is 0 Å². The molecular formula is C35H58. The van der Waals surface area contributed by atoms with Crippen molar-refractivity contribution in [3.8, 4) is 0 Å². The number of allylic oxidation sites excluding steroid dienone is 14. The Kier molecular flexibility index (Phi) is 20.3. The summed E-state index contributed by atoms with van der Waals surface area (Å²) in [6, 6.07) is 0. The summed E-state index contributed by atoms with van der Waals surface area (Å²) < 4.78 is 0. The van der Waals surface area contributed by atoms with Gasteiger partial charge in [-0.3, -0.25) is 0 Å². The van der Waals surface area contributed by atoms with E-state index in [9.17, 15) is 0 Å². The summed E-state index contributed by atoms with van der Waals surface area (Å²) in [6.07, 6.45) is 31.0. The fourth-order valence-electron chi connectivity index (χ4n) is 3.99. The third-order valence-electron chi connectivity index (χ3n) is 6.43. The highest BCUT2D eigenvalue weighted by atomic mass is 14.0. The fourth-order valence-corrected chi connectivity index (χ4v) is 3.99. The first-order chi connectivity index (χ1) is 16.6. The van der Waals surface area contributed by atoms with Gasteiger partial charge in [-0.2, -0.15) is 0 Å². The van der Waals surface area contributed by atoms with E-state index in [1.807, 2.05) is 0 Å². The molecule has 0 bridgehead atoms. The van der Waals surface area contributed by atoms with Crippen LogP contribution in [-0.2, 0) is 0 Å². The van der Waals surface area contributed by atoms with Crippen LogP contribution >= 0.6 is 0 Å². The largest absolute Gasteiger partial charge is 0.0856 e.